The molecule has 2 aromatic carbocycles. The standard InChI is InChI=1S/C26H28ClFN2O3/c1-33-24(31)16-23(18-5-4-6-20(28)15-18)29-25-21-7-2-3-8-22(21)26(32)30(25)14-13-17-9-11-19(27)12-10-17/h4-6,9-12,15,23,25,29H,2-3,7-8,13-14,16H2,1H3/t23-,25+/m1/s1. The fourth-order valence-electron chi connectivity index (χ4n) is 4.71. The van der Waals surface area contributed by atoms with Crippen molar-refractivity contribution in [3.63, 3.8) is 0 Å². The maximum Gasteiger partial charge on any atom is 0.307 e. The molecule has 0 fully saturated rings. The molecule has 0 unspecified atom stereocenters. The molecule has 1 aliphatic heterocycles. The van der Waals surface area contributed by atoms with E-state index in [0.717, 1.165) is 42.4 Å². The molecule has 0 bridgehead atoms. The lowest BCUT2D eigenvalue weighted by Crippen LogP contribution is -2.48. The molecule has 0 radical (unpaired) electrons. The van der Waals surface area contributed by atoms with Gasteiger partial charge in [0.1, 0.15) is 12.0 Å². The summed E-state index contributed by atoms with van der Waals surface area (Å²) in [5.41, 5.74) is 3.71. The molecule has 174 valence electrons. The van der Waals surface area contributed by atoms with Gasteiger partial charge in [0.15, 0.2) is 0 Å². The van der Waals surface area contributed by atoms with Crippen molar-refractivity contribution < 1.29 is 18.7 Å². The summed E-state index contributed by atoms with van der Waals surface area (Å²) in [4.78, 5) is 27.3. The lowest BCUT2D eigenvalue weighted by atomic mass is 9.92. The second-order valence-electron chi connectivity index (χ2n) is 8.54. The third-order valence-corrected chi connectivity index (χ3v) is 6.69. The fourth-order valence-corrected chi connectivity index (χ4v) is 4.84. The number of rotatable bonds is 8. The highest BCUT2D eigenvalue weighted by molar-refractivity contribution is 6.30. The number of esters is 1. The summed E-state index contributed by atoms with van der Waals surface area (Å²) in [6.45, 7) is 0.527. The molecule has 4 rings (SSSR count). The van der Waals surface area contributed by atoms with Crippen molar-refractivity contribution in [1.29, 1.82) is 0 Å². The van der Waals surface area contributed by atoms with Crippen molar-refractivity contribution in [2.24, 2.45) is 0 Å². The van der Waals surface area contributed by atoms with Gasteiger partial charge in [0.2, 0.25) is 0 Å². The fraction of sp³-hybridized carbons (Fsp3) is 0.385. The smallest absolute Gasteiger partial charge is 0.307 e. The van der Waals surface area contributed by atoms with Crippen LogP contribution in [0.25, 0.3) is 0 Å². The molecule has 0 spiro atoms. The summed E-state index contributed by atoms with van der Waals surface area (Å²) in [6, 6.07) is 13.3. The van der Waals surface area contributed by atoms with Gasteiger partial charge in [0.25, 0.3) is 5.91 Å². The van der Waals surface area contributed by atoms with Gasteiger partial charge in [0, 0.05) is 23.2 Å². The number of nitrogens with zero attached hydrogens (tertiary/aromatic N) is 1. The van der Waals surface area contributed by atoms with E-state index in [1.54, 1.807) is 12.1 Å². The summed E-state index contributed by atoms with van der Waals surface area (Å²) in [5, 5.41) is 4.18. The molecule has 0 saturated heterocycles. The Balaban J connectivity index is 1.60. The van der Waals surface area contributed by atoms with Crippen LogP contribution in [-0.4, -0.2) is 36.6 Å². The Morgan fingerprint density at radius 3 is 2.70 bits per heavy atom. The summed E-state index contributed by atoms with van der Waals surface area (Å²) in [5.74, 6) is -0.720. The first kappa shape index (κ1) is 23.5. The van der Waals surface area contributed by atoms with Gasteiger partial charge in [-0.25, -0.2) is 4.39 Å². The maximum absolute atomic E-state index is 14.0. The molecule has 0 aromatic heterocycles. The zero-order valence-electron chi connectivity index (χ0n) is 18.7. The largest absolute Gasteiger partial charge is 0.469 e. The molecule has 0 saturated carbocycles. The third kappa shape index (κ3) is 5.45. The molecule has 7 heteroatoms. The summed E-state index contributed by atoms with van der Waals surface area (Å²) >= 11 is 6.00. The molecule has 2 atom stereocenters. The number of carbonyl (C=O) groups excluding carboxylic acids is 2. The number of nitrogens with one attached hydrogen (secondary N) is 1. The van der Waals surface area contributed by atoms with E-state index in [1.165, 1.54) is 19.2 Å². The topological polar surface area (TPSA) is 58.6 Å². The van der Waals surface area contributed by atoms with Crippen molar-refractivity contribution in [1.82, 2.24) is 10.2 Å². The van der Waals surface area contributed by atoms with Crippen molar-refractivity contribution in [3.05, 3.63) is 81.6 Å². The number of carbonyl (C=O) groups is 2. The Bertz CT molecular complexity index is 1050. The molecular formula is C26H28ClFN2O3. The first-order valence-electron chi connectivity index (χ1n) is 11.3. The van der Waals surface area contributed by atoms with E-state index in [4.69, 9.17) is 16.3 Å². The first-order chi connectivity index (χ1) is 16.0. The number of methoxy groups -OCH3 is 1. The quantitative estimate of drug-likeness (QED) is 0.554. The number of ether oxygens (including phenoxy) is 1. The Hall–Kier alpha value is -2.70. The molecular weight excluding hydrogens is 443 g/mol. The first-order valence-corrected chi connectivity index (χ1v) is 11.7. The van der Waals surface area contributed by atoms with E-state index in [-0.39, 0.29) is 24.3 Å². The molecule has 2 aliphatic rings. The minimum Gasteiger partial charge on any atom is -0.469 e. The van der Waals surface area contributed by atoms with Gasteiger partial charge in [-0.15, -0.1) is 0 Å². The average Bonchev–Trinajstić information content (AvgIpc) is 3.09. The van der Waals surface area contributed by atoms with Crippen LogP contribution in [0, 0.1) is 5.82 Å². The summed E-state index contributed by atoms with van der Waals surface area (Å²) in [7, 11) is 1.34. The Morgan fingerprint density at radius 1 is 1.21 bits per heavy atom. The Morgan fingerprint density at radius 2 is 1.97 bits per heavy atom. The van der Waals surface area contributed by atoms with E-state index < -0.39 is 12.0 Å². The lowest BCUT2D eigenvalue weighted by Gasteiger charge is -2.32. The molecule has 33 heavy (non-hydrogen) atoms. The highest BCUT2D eigenvalue weighted by Gasteiger charge is 2.40. The minimum atomic E-state index is -0.488. The van der Waals surface area contributed by atoms with E-state index in [1.807, 2.05) is 29.2 Å². The zero-order valence-corrected chi connectivity index (χ0v) is 19.4. The summed E-state index contributed by atoms with van der Waals surface area (Å²) in [6.07, 6.45) is 4.02. The third-order valence-electron chi connectivity index (χ3n) is 6.43. The van der Waals surface area contributed by atoms with Crippen LogP contribution in [0.15, 0.2) is 59.7 Å². The van der Waals surface area contributed by atoms with Crippen LogP contribution in [0.1, 0.15) is 49.3 Å². The maximum atomic E-state index is 14.0. The molecule has 1 aliphatic carbocycles. The highest BCUT2D eigenvalue weighted by atomic mass is 35.5. The SMILES string of the molecule is COC(=O)C[C@@H](N[C@@H]1C2=C(CCCC2)C(=O)N1CCc1ccc(Cl)cc1)c1cccc(F)c1. The van der Waals surface area contributed by atoms with Gasteiger partial charge < -0.3 is 9.64 Å². The van der Waals surface area contributed by atoms with Crippen LogP contribution in [0.2, 0.25) is 5.02 Å². The van der Waals surface area contributed by atoms with Gasteiger partial charge in [-0.3, -0.25) is 14.9 Å². The second kappa shape index (κ2) is 10.5. The van der Waals surface area contributed by atoms with Crippen molar-refractivity contribution in [2.75, 3.05) is 13.7 Å². The number of hydrogen-bond acceptors (Lipinski definition) is 4. The molecule has 2 aromatic rings. The van der Waals surface area contributed by atoms with Crippen LogP contribution in [0.5, 0.6) is 0 Å². The molecule has 5 nitrogen and oxygen atoms in total. The van der Waals surface area contributed by atoms with Crippen LogP contribution >= 0.6 is 11.6 Å². The predicted molar refractivity (Wildman–Crippen MR) is 125 cm³/mol. The number of amides is 1. The van der Waals surface area contributed by atoms with Gasteiger partial charge in [-0.05, 0) is 73.1 Å². The average molecular weight is 471 g/mol. The minimum absolute atomic E-state index is 0.0400. The van der Waals surface area contributed by atoms with Gasteiger partial charge >= 0.3 is 5.97 Å². The number of benzene rings is 2. The summed E-state index contributed by atoms with van der Waals surface area (Å²) < 4.78 is 18.9. The zero-order chi connectivity index (χ0) is 23.4. The molecule has 1 N–H and O–H groups in total. The van der Waals surface area contributed by atoms with Crippen LogP contribution in [-0.2, 0) is 20.7 Å². The van der Waals surface area contributed by atoms with Gasteiger partial charge in [-0.2, -0.15) is 0 Å². The normalized spacial score (nSPS) is 18.9. The molecule has 1 amide bonds. The van der Waals surface area contributed by atoms with E-state index in [9.17, 15) is 14.0 Å². The van der Waals surface area contributed by atoms with Crippen molar-refractivity contribution in [2.45, 2.75) is 50.7 Å². The molecule has 1 heterocycles. The van der Waals surface area contributed by atoms with Crippen LogP contribution in [0.3, 0.4) is 0 Å². The van der Waals surface area contributed by atoms with Gasteiger partial charge in [0.05, 0.1) is 13.5 Å². The Labute approximate surface area is 198 Å². The van der Waals surface area contributed by atoms with Crippen molar-refractivity contribution in [3.8, 4) is 0 Å². The van der Waals surface area contributed by atoms with E-state index in [2.05, 4.69) is 5.32 Å². The van der Waals surface area contributed by atoms with Gasteiger partial charge in [-0.1, -0.05) is 35.9 Å². The number of halogens is 2. The highest BCUT2D eigenvalue weighted by Crippen LogP contribution is 2.37. The predicted octanol–water partition coefficient (Wildman–Crippen LogP) is 4.95. The monoisotopic (exact) mass is 470 g/mol. The lowest BCUT2D eigenvalue weighted by molar-refractivity contribution is -0.141. The second-order valence-corrected chi connectivity index (χ2v) is 8.98. The van der Waals surface area contributed by atoms with Crippen LogP contribution < -0.4 is 5.32 Å². The van der Waals surface area contributed by atoms with Crippen LogP contribution in [0.4, 0.5) is 4.39 Å². The Kier molecular flexibility index (Phi) is 7.46. The number of hydrogen-bond donors (Lipinski definition) is 1. The van der Waals surface area contributed by atoms with E-state index >= 15 is 0 Å². The van der Waals surface area contributed by atoms with Crippen molar-refractivity contribution >= 4 is 23.5 Å². The van der Waals surface area contributed by atoms with E-state index in [0.29, 0.717) is 23.6 Å².